The lowest BCUT2D eigenvalue weighted by molar-refractivity contribution is -0.119. The Labute approximate surface area is 136 Å². The number of benzene rings is 1. The minimum Gasteiger partial charge on any atom is -0.348 e. The highest BCUT2D eigenvalue weighted by Crippen LogP contribution is 2.22. The van der Waals surface area contributed by atoms with Crippen LogP contribution >= 0.6 is 11.3 Å². The maximum Gasteiger partial charge on any atom is 0.233 e. The van der Waals surface area contributed by atoms with Crippen molar-refractivity contribution in [2.45, 2.75) is 24.1 Å². The molecule has 0 aliphatic heterocycles. The molecule has 1 aromatic heterocycles. The van der Waals surface area contributed by atoms with E-state index < -0.39 is 10.8 Å². The molecule has 2 rings (SSSR count). The van der Waals surface area contributed by atoms with Crippen molar-refractivity contribution in [2.24, 2.45) is 5.92 Å². The largest absolute Gasteiger partial charge is 0.348 e. The van der Waals surface area contributed by atoms with Crippen LogP contribution in [0.1, 0.15) is 25.5 Å². The Morgan fingerprint density at radius 1 is 1.27 bits per heavy atom. The van der Waals surface area contributed by atoms with Gasteiger partial charge in [0.25, 0.3) is 0 Å². The average molecular weight is 339 g/mol. The smallest absolute Gasteiger partial charge is 0.233 e. The van der Waals surface area contributed by atoms with Crippen LogP contribution in [0.25, 0.3) is 0 Å². The number of rotatable bonds is 6. The molecule has 1 amide bonds. The van der Waals surface area contributed by atoms with Gasteiger partial charge in [0.1, 0.15) is 11.6 Å². The number of hydrogen-bond donors (Lipinski definition) is 1. The van der Waals surface area contributed by atoms with Crippen LogP contribution in [-0.2, 0) is 15.6 Å². The predicted molar refractivity (Wildman–Crippen MR) is 87.7 cm³/mol. The first-order valence-electron chi connectivity index (χ1n) is 6.94. The van der Waals surface area contributed by atoms with Crippen molar-refractivity contribution in [1.82, 2.24) is 5.32 Å². The molecule has 0 bridgehead atoms. The number of amides is 1. The molecule has 0 aliphatic rings. The summed E-state index contributed by atoms with van der Waals surface area (Å²) in [6, 6.07) is 9.42. The zero-order chi connectivity index (χ0) is 16.1. The van der Waals surface area contributed by atoms with Crippen molar-refractivity contribution in [1.29, 1.82) is 0 Å². The van der Waals surface area contributed by atoms with Crippen LogP contribution < -0.4 is 5.32 Å². The van der Waals surface area contributed by atoms with Gasteiger partial charge >= 0.3 is 0 Å². The third-order valence-electron chi connectivity index (χ3n) is 3.19. The molecule has 0 aliphatic carbocycles. The summed E-state index contributed by atoms with van der Waals surface area (Å²) >= 11 is 1.37. The first-order chi connectivity index (χ1) is 10.5. The molecule has 2 aromatic rings. The van der Waals surface area contributed by atoms with E-state index >= 15 is 0 Å². The minimum atomic E-state index is -1.33. The van der Waals surface area contributed by atoms with Gasteiger partial charge < -0.3 is 5.32 Å². The lowest BCUT2D eigenvalue weighted by atomic mass is 9.96. The Bertz CT molecular complexity index is 639. The Morgan fingerprint density at radius 3 is 2.50 bits per heavy atom. The van der Waals surface area contributed by atoms with Gasteiger partial charge in [-0.05, 0) is 35.1 Å². The van der Waals surface area contributed by atoms with Crippen molar-refractivity contribution in [3.05, 3.63) is 53.2 Å². The zero-order valence-corrected chi connectivity index (χ0v) is 14.0. The Kier molecular flexibility index (Phi) is 5.85. The van der Waals surface area contributed by atoms with Gasteiger partial charge in [-0.1, -0.05) is 32.0 Å². The number of hydrogen-bond acceptors (Lipinski definition) is 3. The maximum absolute atomic E-state index is 13.0. The standard InChI is InChI=1S/C16H18FNO2S2/c1-11(2)16(12-5-7-13(17)8-6-12)18-14(19)10-22(20)15-4-3-9-21-15/h3-9,11,16H,10H2,1-2H3,(H,18,19). The Morgan fingerprint density at radius 2 is 1.95 bits per heavy atom. The second kappa shape index (κ2) is 7.65. The summed E-state index contributed by atoms with van der Waals surface area (Å²) in [5, 5.41) is 4.73. The lowest BCUT2D eigenvalue weighted by Gasteiger charge is -2.22. The summed E-state index contributed by atoms with van der Waals surface area (Å²) in [7, 11) is -1.33. The van der Waals surface area contributed by atoms with E-state index in [0.717, 1.165) is 5.56 Å². The van der Waals surface area contributed by atoms with E-state index in [-0.39, 0.29) is 29.4 Å². The quantitative estimate of drug-likeness (QED) is 0.875. The summed E-state index contributed by atoms with van der Waals surface area (Å²) in [6.45, 7) is 3.95. The SMILES string of the molecule is CC(C)C(NC(=O)CS(=O)c1cccs1)c1ccc(F)cc1. The molecule has 0 spiro atoms. The number of halogens is 1. The van der Waals surface area contributed by atoms with Crippen LogP contribution in [0, 0.1) is 11.7 Å². The molecule has 1 aromatic carbocycles. The van der Waals surface area contributed by atoms with E-state index in [1.54, 1.807) is 18.2 Å². The van der Waals surface area contributed by atoms with Crippen molar-refractivity contribution in [3.63, 3.8) is 0 Å². The van der Waals surface area contributed by atoms with Crippen LogP contribution in [0.3, 0.4) is 0 Å². The van der Waals surface area contributed by atoms with E-state index in [1.807, 2.05) is 25.3 Å². The van der Waals surface area contributed by atoms with E-state index in [0.29, 0.717) is 4.21 Å². The van der Waals surface area contributed by atoms with Gasteiger partial charge in [0.2, 0.25) is 5.91 Å². The molecular formula is C16H18FNO2S2. The molecule has 0 saturated carbocycles. The van der Waals surface area contributed by atoms with E-state index in [9.17, 15) is 13.4 Å². The van der Waals surface area contributed by atoms with Gasteiger partial charge in [0.15, 0.2) is 0 Å². The van der Waals surface area contributed by atoms with E-state index in [2.05, 4.69) is 5.32 Å². The molecular weight excluding hydrogens is 321 g/mol. The summed E-state index contributed by atoms with van der Waals surface area (Å²) in [4.78, 5) is 12.1. The predicted octanol–water partition coefficient (Wildman–Crippen LogP) is 3.51. The van der Waals surface area contributed by atoms with E-state index in [4.69, 9.17) is 0 Å². The second-order valence-corrected chi connectivity index (χ2v) is 7.89. The highest BCUT2D eigenvalue weighted by Gasteiger charge is 2.20. The van der Waals surface area contributed by atoms with Gasteiger partial charge in [-0.3, -0.25) is 9.00 Å². The minimum absolute atomic E-state index is 0.0646. The van der Waals surface area contributed by atoms with Gasteiger partial charge in [0, 0.05) is 0 Å². The molecule has 1 heterocycles. The van der Waals surface area contributed by atoms with Crippen LogP contribution in [0.4, 0.5) is 4.39 Å². The fourth-order valence-corrected chi connectivity index (χ4v) is 4.02. The van der Waals surface area contributed by atoms with Crippen LogP contribution in [-0.4, -0.2) is 15.9 Å². The number of nitrogens with one attached hydrogen (secondary N) is 1. The van der Waals surface area contributed by atoms with Crippen molar-refractivity contribution in [3.8, 4) is 0 Å². The van der Waals surface area contributed by atoms with Crippen molar-refractivity contribution >= 4 is 28.0 Å². The first-order valence-corrected chi connectivity index (χ1v) is 9.14. The normalized spacial score (nSPS) is 13.8. The molecule has 0 saturated heterocycles. The Hall–Kier alpha value is -1.53. The van der Waals surface area contributed by atoms with Crippen LogP contribution in [0.15, 0.2) is 46.0 Å². The molecule has 2 unspecified atom stereocenters. The molecule has 6 heteroatoms. The molecule has 3 nitrogen and oxygen atoms in total. The molecule has 22 heavy (non-hydrogen) atoms. The van der Waals surface area contributed by atoms with Gasteiger partial charge in [0.05, 0.1) is 21.1 Å². The molecule has 0 fully saturated rings. The van der Waals surface area contributed by atoms with Gasteiger partial charge in [-0.2, -0.15) is 0 Å². The molecule has 118 valence electrons. The highest BCUT2D eigenvalue weighted by molar-refractivity contribution is 7.88. The monoisotopic (exact) mass is 339 g/mol. The van der Waals surface area contributed by atoms with E-state index in [1.165, 1.54) is 23.5 Å². The second-order valence-electron chi connectivity index (χ2n) is 5.26. The van der Waals surface area contributed by atoms with Gasteiger partial charge in [-0.25, -0.2) is 4.39 Å². The third kappa shape index (κ3) is 4.48. The molecule has 2 atom stereocenters. The summed E-state index contributed by atoms with van der Waals surface area (Å²) in [5.74, 6) is -0.499. The summed E-state index contributed by atoms with van der Waals surface area (Å²) in [6.07, 6.45) is 0. The van der Waals surface area contributed by atoms with Crippen LogP contribution in [0.2, 0.25) is 0 Å². The van der Waals surface area contributed by atoms with Crippen molar-refractivity contribution < 1.29 is 13.4 Å². The lowest BCUT2D eigenvalue weighted by Crippen LogP contribution is -2.34. The number of carbonyl (C=O) groups is 1. The fourth-order valence-electron chi connectivity index (χ4n) is 2.10. The van der Waals surface area contributed by atoms with Crippen LogP contribution in [0.5, 0.6) is 0 Å². The summed E-state index contributed by atoms with van der Waals surface area (Å²) < 4.78 is 25.8. The first kappa shape index (κ1) is 16.8. The average Bonchev–Trinajstić information content (AvgIpc) is 3.00. The number of thiophene rings is 1. The zero-order valence-electron chi connectivity index (χ0n) is 12.4. The number of carbonyl (C=O) groups excluding carboxylic acids is 1. The molecule has 1 N–H and O–H groups in total. The Balaban J connectivity index is 2.03. The summed E-state index contributed by atoms with van der Waals surface area (Å²) in [5.41, 5.74) is 0.839. The maximum atomic E-state index is 13.0. The van der Waals surface area contributed by atoms with Gasteiger partial charge in [-0.15, -0.1) is 11.3 Å². The third-order valence-corrected chi connectivity index (χ3v) is 5.81. The fraction of sp³-hybridized carbons (Fsp3) is 0.312. The van der Waals surface area contributed by atoms with Crippen molar-refractivity contribution in [2.75, 3.05) is 5.75 Å². The topological polar surface area (TPSA) is 46.2 Å². The highest BCUT2D eigenvalue weighted by atomic mass is 32.2. The molecule has 0 radical (unpaired) electrons.